The number of amides is 1. The molecule has 9 heteroatoms. The van der Waals surface area contributed by atoms with Gasteiger partial charge >= 0.3 is 0 Å². The highest BCUT2D eigenvalue weighted by Crippen LogP contribution is 2.34. The second-order valence-electron chi connectivity index (χ2n) is 7.37. The largest absolute Gasteiger partial charge is 0.546 e. The van der Waals surface area contributed by atoms with Crippen LogP contribution in [0.15, 0.2) is 18.2 Å². The molecule has 0 fully saturated rings. The molecule has 0 saturated carbocycles. The first-order valence-corrected chi connectivity index (χ1v) is 9.24. The Kier molecular flexibility index (Phi) is 5.72. The minimum Gasteiger partial charge on any atom is -0.546 e. The van der Waals surface area contributed by atoms with Crippen LogP contribution in [0.25, 0.3) is 0 Å². The van der Waals surface area contributed by atoms with Crippen molar-refractivity contribution in [2.24, 2.45) is 5.41 Å². The number of carbonyl (C=O) groups is 1. The SMILES string of the molecule is C[C@@H](Nc1n[s+]([O-])nc1Nc1cccc(C(=O)N(C)C)c1O)C(C)(C)C. The van der Waals surface area contributed by atoms with Gasteiger partial charge in [-0.2, -0.15) is 0 Å². The van der Waals surface area contributed by atoms with Crippen LogP contribution in [0, 0.1) is 5.41 Å². The lowest BCUT2D eigenvalue weighted by Gasteiger charge is -2.27. The number of aromatic nitrogens is 2. The number of anilines is 3. The summed E-state index contributed by atoms with van der Waals surface area (Å²) in [5.41, 5.74) is 0.403. The second kappa shape index (κ2) is 7.46. The van der Waals surface area contributed by atoms with Crippen molar-refractivity contribution in [2.45, 2.75) is 33.7 Å². The van der Waals surface area contributed by atoms with Gasteiger partial charge in [0.05, 0.1) is 11.3 Å². The maximum absolute atomic E-state index is 12.2. The number of benzene rings is 1. The predicted octanol–water partition coefficient (Wildman–Crippen LogP) is 3.20. The summed E-state index contributed by atoms with van der Waals surface area (Å²) in [4.78, 5) is 13.5. The van der Waals surface area contributed by atoms with Crippen LogP contribution in [0.1, 0.15) is 38.1 Å². The quantitative estimate of drug-likeness (QED) is 0.540. The Balaban J connectivity index is 2.33. The molecule has 0 aliphatic carbocycles. The number of aromatic hydroxyl groups is 1. The number of phenolic OH excluding ortho intramolecular Hbond substituents is 1. The second-order valence-corrected chi connectivity index (χ2v) is 8.20. The van der Waals surface area contributed by atoms with Crippen molar-refractivity contribution in [3.05, 3.63) is 23.8 Å². The van der Waals surface area contributed by atoms with Gasteiger partial charge in [0.2, 0.25) is 11.6 Å². The predicted molar refractivity (Wildman–Crippen MR) is 103 cm³/mol. The van der Waals surface area contributed by atoms with Gasteiger partial charge in [0.25, 0.3) is 5.91 Å². The fraction of sp³-hybridized carbons (Fsp3) is 0.471. The van der Waals surface area contributed by atoms with Crippen molar-refractivity contribution >= 4 is 34.4 Å². The molecule has 3 N–H and O–H groups in total. The summed E-state index contributed by atoms with van der Waals surface area (Å²) in [6.07, 6.45) is 0. The van der Waals surface area contributed by atoms with E-state index in [9.17, 15) is 14.5 Å². The maximum Gasteiger partial charge on any atom is 0.257 e. The number of hydrogen-bond acceptors (Lipinski definition) is 7. The molecule has 1 aromatic carbocycles. The van der Waals surface area contributed by atoms with Crippen LogP contribution in [0.2, 0.25) is 0 Å². The molecule has 2 atom stereocenters. The Morgan fingerprint density at radius 2 is 1.88 bits per heavy atom. The number of nitrogens with zero attached hydrogens (tertiary/aromatic N) is 3. The first-order chi connectivity index (χ1) is 12.0. The third-order valence-corrected chi connectivity index (χ3v) is 4.82. The van der Waals surface area contributed by atoms with Gasteiger partial charge in [-0.15, -0.1) is 0 Å². The van der Waals surface area contributed by atoms with Gasteiger partial charge in [0.1, 0.15) is 0 Å². The molecular weight excluding hydrogens is 354 g/mol. The molecule has 142 valence electrons. The van der Waals surface area contributed by atoms with Crippen molar-refractivity contribution in [1.29, 1.82) is 0 Å². The highest BCUT2D eigenvalue weighted by Gasteiger charge is 2.25. The third kappa shape index (κ3) is 4.41. The zero-order valence-corrected chi connectivity index (χ0v) is 16.6. The molecule has 0 aliphatic rings. The summed E-state index contributed by atoms with van der Waals surface area (Å²) >= 11 is -1.73. The zero-order valence-electron chi connectivity index (χ0n) is 15.8. The van der Waals surface area contributed by atoms with E-state index in [1.54, 1.807) is 26.2 Å². The topological polar surface area (TPSA) is 113 Å². The van der Waals surface area contributed by atoms with E-state index in [-0.39, 0.29) is 40.2 Å². The van der Waals surface area contributed by atoms with Gasteiger partial charge in [-0.1, -0.05) is 26.8 Å². The summed E-state index contributed by atoms with van der Waals surface area (Å²) < 4.78 is 19.7. The van der Waals surface area contributed by atoms with Crippen LogP contribution in [-0.2, 0) is 0 Å². The molecule has 1 heterocycles. The van der Waals surface area contributed by atoms with E-state index in [0.717, 1.165) is 0 Å². The number of rotatable bonds is 5. The van der Waals surface area contributed by atoms with Crippen LogP contribution in [-0.4, -0.2) is 49.4 Å². The summed E-state index contributed by atoms with van der Waals surface area (Å²) in [5, 5.41) is 16.6. The molecule has 2 aromatic rings. The van der Waals surface area contributed by atoms with Crippen LogP contribution < -0.4 is 10.6 Å². The van der Waals surface area contributed by atoms with Crippen molar-refractivity contribution in [3.63, 3.8) is 0 Å². The van der Waals surface area contributed by atoms with E-state index in [0.29, 0.717) is 5.82 Å². The molecule has 0 saturated heterocycles. The zero-order chi connectivity index (χ0) is 19.6. The molecule has 1 amide bonds. The molecule has 0 spiro atoms. The average Bonchev–Trinajstić information content (AvgIpc) is 2.87. The van der Waals surface area contributed by atoms with Crippen LogP contribution in [0.4, 0.5) is 17.3 Å². The summed E-state index contributed by atoms with van der Waals surface area (Å²) in [7, 11) is 3.21. The van der Waals surface area contributed by atoms with Gasteiger partial charge in [-0.25, -0.2) is 0 Å². The van der Waals surface area contributed by atoms with E-state index in [1.807, 2.05) is 6.92 Å². The Morgan fingerprint density at radius 1 is 1.27 bits per heavy atom. The van der Waals surface area contributed by atoms with Crippen LogP contribution >= 0.6 is 11.1 Å². The van der Waals surface area contributed by atoms with Gasteiger partial charge in [-0.3, -0.25) is 4.79 Å². The molecule has 1 unspecified atom stereocenters. The fourth-order valence-corrected chi connectivity index (χ4v) is 2.67. The maximum atomic E-state index is 12.2. The Morgan fingerprint density at radius 3 is 2.46 bits per heavy atom. The molecule has 0 radical (unpaired) electrons. The van der Waals surface area contributed by atoms with Crippen LogP contribution in [0.5, 0.6) is 5.75 Å². The molecule has 1 aromatic heterocycles. The molecule has 0 bridgehead atoms. The standard InChI is InChI=1S/C17H25N5O3S/c1-10(17(2,3)4)18-14-15(21-26(25)20-14)19-12-9-7-8-11(13(12)23)16(24)22(5)6/h7-10,23H,1-6H3,(H,18,20)(H,19,21)/t10-,26?/m1/s1. The first kappa shape index (κ1) is 19.9. The lowest BCUT2D eigenvalue weighted by atomic mass is 9.88. The van der Waals surface area contributed by atoms with Crippen molar-refractivity contribution in [1.82, 2.24) is 13.6 Å². The minimum absolute atomic E-state index is 0.0404. The molecule has 8 nitrogen and oxygen atoms in total. The Bertz CT molecular complexity index is 798. The normalized spacial score (nSPS) is 13.3. The summed E-state index contributed by atoms with van der Waals surface area (Å²) in [6, 6.07) is 4.83. The summed E-state index contributed by atoms with van der Waals surface area (Å²) in [5.74, 6) is 0.0879. The van der Waals surface area contributed by atoms with Crippen LogP contribution in [0.3, 0.4) is 0 Å². The van der Waals surface area contributed by atoms with Crippen molar-refractivity contribution < 1.29 is 14.5 Å². The molecule has 0 aliphatic heterocycles. The number of nitrogens with one attached hydrogen (secondary N) is 2. The number of hydrogen-bond donors (Lipinski definition) is 3. The minimum atomic E-state index is -1.73. The van der Waals surface area contributed by atoms with Gasteiger partial charge in [-0.05, 0) is 24.5 Å². The van der Waals surface area contributed by atoms with E-state index in [1.165, 1.54) is 11.0 Å². The number of para-hydroxylation sites is 1. The molecule has 2 rings (SSSR count). The first-order valence-electron chi connectivity index (χ1n) is 8.17. The summed E-state index contributed by atoms with van der Waals surface area (Å²) in [6.45, 7) is 8.21. The van der Waals surface area contributed by atoms with E-state index < -0.39 is 11.1 Å². The van der Waals surface area contributed by atoms with Crippen molar-refractivity contribution in [3.8, 4) is 5.75 Å². The van der Waals surface area contributed by atoms with Gasteiger partial charge in [0, 0.05) is 28.9 Å². The number of carbonyl (C=O) groups excluding carboxylic acids is 1. The lowest BCUT2D eigenvalue weighted by Crippen LogP contribution is -2.31. The molecule has 26 heavy (non-hydrogen) atoms. The highest BCUT2D eigenvalue weighted by atomic mass is 32.2. The van der Waals surface area contributed by atoms with E-state index in [2.05, 4.69) is 40.2 Å². The van der Waals surface area contributed by atoms with Gasteiger partial charge < -0.3 is 25.2 Å². The smallest absolute Gasteiger partial charge is 0.257 e. The van der Waals surface area contributed by atoms with E-state index in [4.69, 9.17) is 0 Å². The lowest BCUT2D eigenvalue weighted by molar-refractivity contribution is 0.0824. The third-order valence-electron chi connectivity index (χ3n) is 4.14. The fourth-order valence-electron chi connectivity index (χ4n) is 2.05. The van der Waals surface area contributed by atoms with Crippen molar-refractivity contribution in [2.75, 3.05) is 24.7 Å². The molecular formula is C17H25N5O3S. The van der Waals surface area contributed by atoms with E-state index >= 15 is 0 Å². The Hall–Kier alpha value is -2.39. The van der Waals surface area contributed by atoms with Gasteiger partial charge in [0.15, 0.2) is 16.9 Å². The Labute approximate surface area is 156 Å². The monoisotopic (exact) mass is 379 g/mol. The average molecular weight is 379 g/mol. The highest BCUT2D eigenvalue weighted by molar-refractivity contribution is 7.14. The number of phenols is 1.